The Morgan fingerprint density at radius 3 is 2.59 bits per heavy atom. The largest absolute Gasteiger partial charge is 0.493 e. The molecule has 2 aromatic rings. The van der Waals surface area contributed by atoms with Gasteiger partial charge in [0.05, 0.1) is 12.2 Å². The van der Waals surface area contributed by atoms with E-state index in [1.54, 1.807) is 23.5 Å². The SMILES string of the molecule is CC(C)COc1ccc(C(=O)Nc2sc3c(c2C#N)CC[C@H](C(C)(C)C)C3)cc1. The molecule has 1 aliphatic rings. The lowest BCUT2D eigenvalue weighted by molar-refractivity contribution is 0.102. The van der Waals surface area contributed by atoms with Gasteiger partial charge in [-0.25, -0.2) is 0 Å². The molecule has 0 radical (unpaired) electrons. The second kappa shape index (κ2) is 8.59. The summed E-state index contributed by atoms with van der Waals surface area (Å²) in [4.78, 5) is 14.0. The molecule has 1 aromatic carbocycles. The molecule has 3 rings (SSSR count). The van der Waals surface area contributed by atoms with Gasteiger partial charge in [0.25, 0.3) is 5.91 Å². The zero-order chi connectivity index (χ0) is 21.2. The van der Waals surface area contributed by atoms with Gasteiger partial charge in [-0.15, -0.1) is 11.3 Å². The van der Waals surface area contributed by atoms with Crippen molar-refractivity contribution in [3.63, 3.8) is 0 Å². The van der Waals surface area contributed by atoms with Gasteiger partial charge >= 0.3 is 0 Å². The maximum absolute atomic E-state index is 12.7. The van der Waals surface area contributed by atoms with Crippen molar-refractivity contribution in [3.8, 4) is 11.8 Å². The van der Waals surface area contributed by atoms with E-state index in [0.717, 1.165) is 30.6 Å². The predicted molar refractivity (Wildman–Crippen MR) is 119 cm³/mol. The molecule has 0 spiro atoms. The van der Waals surface area contributed by atoms with Crippen LogP contribution in [0, 0.1) is 28.6 Å². The maximum Gasteiger partial charge on any atom is 0.256 e. The third kappa shape index (κ3) is 5.00. The Morgan fingerprint density at radius 1 is 1.31 bits per heavy atom. The summed E-state index contributed by atoms with van der Waals surface area (Å²) in [5, 5.41) is 13.4. The number of nitriles is 1. The van der Waals surface area contributed by atoms with Gasteiger partial charge in [-0.2, -0.15) is 5.26 Å². The van der Waals surface area contributed by atoms with Crippen LogP contribution in [0.25, 0.3) is 0 Å². The standard InChI is InChI=1S/C24H30N2O2S/c1-15(2)14-28-18-9-6-16(7-10-18)22(27)26-23-20(13-25)19-11-8-17(24(3,4)5)12-21(19)29-23/h6-7,9-10,15,17H,8,11-12,14H2,1-5H3,(H,26,27)/t17-/m0/s1. The number of anilines is 1. The van der Waals surface area contributed by atoms with E-state index >= 15 is 0 Å². The number of carbonyl (C=O) groups is 1. The van der Waals surface area contributed by atoms with E-state index in [0.29, 0.717) is 34.6 Å². The molecular formula is C24H30N2O2S. The molecule has 1 atom stereocenters. The highest BCUT2D eigenvalue weighted by Gasteiger charge is 2.32. The van der Waals surface area contributed by atoms with E-state index in [4.69, 9.17) is 4.74 Å². The Hall–Kier alpha value is -2.32. The first-order chi connectivity index (χ1) is 13.7. The van der Waals surface area contributed by atoms with E-state index in [-0.39, 0.29) is 11.3 Å². The summed E-state index contributed by atoms with van der Waals surface area (Å²) < 4.78 is 5.68. The number of hydrogen-bond acceptors (Lipinski definition) is 4. The number of amides is 1. The minimum Gasteiger partial charge on any atom is -0.493 e. The van der Waals surface area contributed by atoms with Crippen molar-refractivity contribution in [1.82, 2.24) is 0 Å². The van der Waals surface area contributed by atoms with Crippen molar-refractivity contribution in [2.45, 2.75) is 53.9 Å². The highest BCUT2D eigenvalue weighted by atomic mass is 32.1. The Kier molecular flexibility index (Phi) is 6.33. The molecule has 0 fully saturated rings. The fraction of sp³-hybridized carbons (Fsp3) is 0.500. The van der Waals surface area contributed by atoms with Gasteiger partial charge in [0.2, 0.25) is 0 Å². The molecule has 5 heteroatoms. The van der Waals surface area contributed by atoms with Crippen LogP contribution in [0.15, 0.2) is 24.3 Å². The van der Waals surface area contributed by atoms with Crippen LogP contribution in [0.1, 0.15) is 67.4 Å². The molecule has 1 aromatic heterocycles. The molecule has 1 aliphatic carbocycles. The summed E-state index contributed by atoms with van der Waals surface area (Å²) in [7, 11) is 0. The number of fused-ring (bicyclic) bond motifs is 1. The molecule has 0 bridgehead atoms. The number of nitrogens with one attached hydrogen (secondary N) is 1. The topological polar surface area (TPSA) is 62.1 Å². The zero-order valence-electron chi connectivity index (χ0n) is 18.0. The molecule has 154 valence electrons. The van der Waals surface area contributed by atoms with Gasteiger partial charge in [0.15, 0.2) is 0 Å². The quantitative estimate of drug-likeness (QED) is 0.652. The molecule has 1 heterocycles. The van der Waals surface area contributed by atoms with Crippen LogP contribution in [0.4, 0.5) is 5.00 Å². The van der Waals surface area contributed by atoms with Crippen molar-refractivity contribution < 1.29 is 9.53 Å². The number of nitrogens with zero attached hydrogens (tertiary/aromatic N) is 1. The van der Waals surface area contributed by atoms with E-state index in [2.05, 4.69) is 46.0 Å². The van der Waals surface area contributed by atoms with Gasteiger partial charge in [0, 0.05) is 10.4 Å². The smallest absolute Gasteiger partial charge is 0.256 e. The zero-order valence-corrected chi connectivity index (χ0v) is 18.8. The highest BCUT2D eigenvalue weighted by molar-refractivity contribution is 7.16. The lowest BCUT2D eigenvalue weighted by Crippen LogP contribution is -2.26. The molecule has 0 aliphatic heterocycles. The van der Waals surface area contributed by atoms with Gasteiger partial charge in [-0.05, 0) is 66.3 Å². The first-order valence-electron chi connectivity index (χ1n) is 10.3. The fourth-order valence-electron chi connectivity index (χ4n) is 3.67. The molecule has 1 amide bonds. The van der Waals surface area contributed by atoms with Crippen molar-refractivity contribution >= 4 is 22.2 Å². The molecule has 0 saturated heterocycles. The second-order valence-electron chi connectivity index (χ2n) is 9.31. The van der Waals surface area contributed by atoms with Crippen LogP contribution in [0.2, 0.25) is 0 Å². The average Bonchev–Trinajstić information content (AvgIpc) is 3.02. The first-order valence-corrected chi connectivity index (χ1v) is 11.1. The summed E-state index contributed by atoms with van der Waals surface area (Å²) in [6.07, 6.45) is 2.98. The van der Waals surface area contributed by atoms with Crippen molar-refractivity contribution in [1.29, 1.82) is 5.26 Å². The van der Waals surface area contributed by atoms with Crippen LogP contribution in [0.5, 0.6) is 5.75 Å². The van der Waals surface area contributed by atoms with Crippen LogP contribution >= 0.6 is 11.3 Å². The highest BCUT2D eigenvalue weighted by Crippen LogP contribution is 2.44. The van der Waals surface area contributed by atoms with Crippen molar-refractivity contribution in [3.05, 3.63) is 45.8 Å². The maximum atomic E-state index is 12.7. The average molecular weight is 411 g/mol. The second-order valence-corrected chi connectivity index (χ2v) is 10.4. The Labute approximate surface area is 177 Å². The van der Waals surface area contributed by atoms with Gasteiger partial charge in [-0.1, -0.05) is 34.6 Å². The Bertz CT molecular complexity index is 914. The molecule has 4 nitrogen and oxygen atoms in total. The Balaban J connectivity index is 1.74. The predicted octanol–water partition coefficient (Wildman–Crippen LogP) is 6.06. The Morgan fingerprint density at radius 2 is 2.00 bits per heavy atom. The summed E-state index contributed by atoms with van der Waals surface area (Å²) in [6, 6.07) is 9.49. The lowest BCUT2D eigenvalue weighted by Gasteiger charge is -2.33. The van der Waals surface area contributed by atoms with Crippen LogP contribution in [-0.2, 0) is 12.8 Å². The molecule has 0 unspecified atom stereocenters. The van der Waals surface area contributed by atoms with E-state index in [9.17, 15) is 10.1 Å². The number of ether oxygens (including phenoxy) is 1. The number of thiophene rings is 1. The monoisotopic (exact) mass is 410 g/mol. The number of rotatable bonds is 5. The van der Waals surface area contributed by atoms with Crippen molar-refractivity contribution in [2.75, 3.05) is 11.9 Å². The normalized spacial score (nSPS) is 16.2. The minimum absolute atomic E-state index is 0.192. The summed E-state index contributed by atoms with van der Waals surface area (Å²) in [5.74, 6) is 1.61. The molecule has 29 heavy (non-hydrogen) atoms. The minimum atomic E-state index is -0.192. The summed E-state index contributed by atoms with van der Waals surface area (Å²) in [6.45, 7) is 11.7. The number of hydrogen-bond donors (Lipinski definition) is 1. The van der Waals surface area contributed by atoms with E-state index in [1.165, 1.54) is 4.88 Å². The molecule has 0 saturated carbocycles. The summed E-state index contributed by atoms with van der Waals surface area (Å²) >= 11 is 1.56. The van der Waals surface area contributed by atoms with Gasteiger partial charge in [-0.3, -0.25) is 4.79 Å². The first kappa shape index (κ1) is 21.4. The number of benzene rings is 1. The van der Waals surface area contributed by atoms with Gasteiger partial charge < -0.3 is 10.1 Å². The fourth-order valence-corrected chi connectivity index (χ4v) is 4.95. The molecular weight excluding hydrogens is 380 g/mol. The third-order valence-electron chi connectivity index (χ3n) is 5.53. The van der Waals surface area contributed by atoms with Crippen LogP contribution in [-0.4, -0.2) is 12.5 Å². The van der Waals surface area contributed by atoms with Crippen molar-refractivity contribution in [2.24, 2.45) is 17.3 Å². The summed E-state index contributed by atoms with van der Waals surface area (Å²) in [5.41, 5.74) is 2.58. The van der Waals surface area contributed by atoms with Crippen LogP contribution in [0.3, 0.4) is 0 Å². The lowest BCUT2D eigenvalue weighted by atomic mass is 9.72. The van der Waals surface area contributed by atoms with E-state index in [1.807, 2.05) is 12.1 Å². The third-order valence-corrected chi connectivity index (χ3v) is 6.70. The van der Waals surface area contributed by atoms with Crippen LogP contribution < -0.4 is 10.1 Å². The van der Waals surface area contributed by atoms with Gasteiger partial charge in [0.1, 0.15) is 16.8 Å². The molecule has 1 N–H and O–H groups in total. The van der Waals surface area contributed by atoms with E-state index < -0.39 is 0 Å². The number of carbonyl (C=O) groups excluding carboxylic acids is 1.